The lowest BCUT2D eigenvalue weighted by atomic mass is 10.3. The van der Waals surface area contributed by atoms with Gasteiger partial charge in [-0.25, -0.2) is 0 Å². The molecule has 0 saturated heterocycles. The molecule has 4 nitrogen and oxygen atoms in total. The van der Waals surface area contributed by atoms with Gasteiger partial charge in [0.15, 0.2) is 5.82 Å². The monoisotopic (exact) mass is 248 g/mol. The van der Waals surface area contributed by atoms with Gasteiger partial charge in [0.2, 0.25) is 0 Å². The summed E-state index contributed by atoms with van der Waals surface area (Å²) in [6.45, 7) is 1.62. The van der Waals surface area contributed by atoms with Gasteiger partial charge in [-0.2, -0.15) is 16.4 Å². The zero-order chi connectivity index (χ0) is 12.1. The molecule has 0 fully saturated rings. The minimum Gasteiger partial charge on any atom is -0.354 e. The van der Waals surface area contributed by atoms with Crippen LogP contribution in [0.1, 0.15) is 11.3 Å². The Bertz CT molecular complexity index is 438. The average Bonchev–Trinajstić information content (AvgIpc) is 2.83. The summed E-state index contributed by atoms with van der Waals surface area (Å²) in [5, 5.41) is 15.7. The lowest BCUT2D eigenvalue weighted by Crippen LogP contribution is -2.18. The second-order valence-corrected chi connectivity index (χ2v) is 4.68. The summed E-state index contributed by atoms with van der Waals surface area (Å²) < 4.78 is 0. The van der Waals surface area contributed by atoms with Crippen molar-refractivity contribution in [2.24, 2.45) is 0 Å². The third-order valence-corrected chi connectivity index (χ3v) is 3.19. The minimum absolute atomic E-state index is 0.752. The highest BCUT2D eigenvalue weighted by molar-refractivity contribution is 7.07. The van der Waals surface area contributed by atoms with Crippen LogP contribution >= 0.6 is 11.3 Å². The van der Waals surface area contributed by atoms with Crippen molar-refractivity contribution in [3.63, 3.8) is 0 Å². The molecule has 2 aromatic rings. The fourth-order valence-electron chi connectivity index (χ4n) is 1.57. The van der Waals surface area contributed by atoms with Crippen LogP contribution in [-0.2, 0) is 13.1 Å². The van der Waals surface area contributed by atoms with Gasteiger partial charge in [-0.1, -0.05) is 0 Å². The van der Waals surface area contributed by atoms with E-state index in [0.29, 0.717) is 0 Å². The van der Waals surface area contributed by atoms with E-state index in [1.165, 1.54) is 5.56 Å². The first-order chi connectivity index (χ1) is 8.29. The highest BCUT2D eigenvalue weighted by atomic mass is 32.1. The molecule has 0 atom stereocenters. The third-order valence-electron chi connectivity index (χ3n) is 2.45. The number of rotatable bonds is 5. The molecule has 0 aliphatic rings. The van der Waals surface area contributed by atoms with Crippen LogP contribution in [0.25, 0.3) is 0 Å². The van der Waals surface area contributed by atoms with Gasteiger partial charge in [0, 0.05) is 20.1 Å². The molecule has 2 rings (SSSR count). The number of thiophene rings is 1. The largest absolute Gasteiger partial charge is 0.354 e. The second-order valence-electron chi connectivity index (χ2n) is 3.90. The van der Waals surface area contributed by atoms with E-state index in [-0.39, 0.29) is 0 Å². The summed E-state index contributed by atoms with van der Waals surface area (Å²) in [6, 6.07) is 6.14. The summed E-state index contributed by atoms with van der Waals surface area (Å²) in [5.41, 5.74) is 2.26. The minimum atomic E-state index is 0.752. The lowest BCUT2D eigenvalue weighted by Gasteiger charge is -2.16. The van der Waals surface area contributed by atoms with Gasteiger partial charge in [-0.05, 0) is 41.6 Å². The van der Waals surface area contributed by atoms with E-state index >= 15 is 0 Å². The molecule has 1 N–H and O–H groups in total. The first-order valence-electron chi connectivity index (χ1n) is 5.49. The molecule has 0 radical (unpaired) electrons. The maximum Gasteiger partial charge on any atom is 0.151 e. The zero-order valence-corrected chi connectivity index (χ0v) is 10.9. The highest BCUT2D eigenvalue weighted by Crippen LogP contribution is 2.13. The normalized spacial score (nSPS) is 10.5. The molecule has 2 aromatic heterocycles. The Morgan fingerprint density at radius 2 is 2.18 bits per heavy atom. The zero-order valence-electron chi connectivity index (χ0n) is 10.1. The molecule has 90 valence electrons. The van der Waals surface area contributed by atoms with Crippen molar-refractivity contribution in [1.82, 2.24) is 15.5 Å². The van der Waals surface area contributed by atoms with Gasteiger partial charge in [0.05, 0.1) is 5.69 Å². The van der Waals surface area contributed by atoms with Crippen LogP contribution < -0.4 is 10.2 Å². The maximum absolute atomic E-state index is 4.22. The molecule has 2 heterocycles. The van der Waals surface area contributed by atoms with E-state index < -0.39 is 0 Å². The van der Waals surface area contributed by atoms with Crippen molar-refractivity contribution in [3.8, 4) is 0 Å². The van der Waals surface area contributed by atoms with Gasteiger partial charge >= 0.3 is 0 Å². The van der Waals surface area contributed by atoms with E-state index in [1.54, 1.807) is 11.3 Å². The SMILES string of the molecule is CNCc1ccc(N(C)Cc2ccsc2)nn1. The molecule has 5 heteroatoms. The van der Waals surface area contributed by atoms with Gasteiger partial charge in [0.25, 0.3) is 0 Å². The molecule has 17 heavy (non-hydrogen) atoms. The summed E-state index contributed by atoms with van der Waals surface area (Å²) in [5.74, 6) is 0.899. The van der Waals surface area contributed by atoms with E-state index in [9.17, 15) is 0 Å². The molecule has 0 spiro atoms. The van der Waals surface area contributed by atoms with E-state index in [0.717, 1.165) is 24.6 Å². The van der Waals surface area contributed by atoms with Crippen molar-refractivity contribution in [1.29, 1.82) is 0 Å². The Balaban J connectivity index is 2.01. The summed E-state index contributed by atoms with van der Waals surface area (Å²) in [4.78, 5) is 2.10. The molecule has 0 bridgehead atoms. The molecule has 0 aromatic carbocycles. The van der Waals surface area contributed by atoms with Gasteiger partial charge in [-0.15, -0.1) is 5.10 Å². The Morgan fingerprint density at radius 3 is 2.76 bits per heavy atom. The first kappa shape index (κ1) is 12.0. The molecule has 0 saturated carbocycles. The Kier molecular flexibility index (Phi) is 4.06. The van der Waals surface area contributed by atoms with E-state index in [1.807, 2.05) is 26.2 Å². The quantitative estimate of drug-likeness (QED) is 0.877. The smallest absolute Gasteiger partial charge is 0.151 e. The van der Waals surface area contributed by atoms with E-state index in [4.69, 9.17) is 0 Å². The predicted octanol–water partition coefficient (Wildman–Crippen LogP) is 1.89. The summed E-state index contributed by atoms with van der Waals surface area (Å²) in [6.07, 6.45) is 0. The predicted molar refractivity (Wildman–Crippen MR) is 71.2 cm³/mol. The molecule has 0 amide bonds. The molecular formula is C12H16N4S. The van der Waals surface area contributed by atoms with Crippen LogP contribution in [0.5, 0.6) is 0 Å². The van der Waals surface area contributed by atoms with Crippen molar-refractivity contribution in [3.05, 3.63) is 40.2 Å². The van der Waals surface area contributed by atoms with Crippen LogP contribution in [0, 0.1) is 0 Å². The first-order valence-corrected chi connectivity index (χ1v) is 6.43. The number of hydrogen-bond donors (Lipinski definition) is 1. The van der Waals surface area contributed by atoms with Gasteiger partial charge < -0.3 is 10.2 Å². The van der Waals surface area contributed by atoms with Crippen LogP contribution in [0.15, 0.2) is 29.0 Å². The maximum atomic E-state index is 4.22. The van der Waals surface area contributed by atoms with Gasteiger partial charge in [0.1, 0.15) is 0 Å². The Labute approximate surface area is 105 Å². The van der Waals surface area contributed by atoms with Gasteiger partial charge in [-0.3, -0.25) is 0 Å². The summed E-state index contributed by atoms with van der Waals surface area (Å²) in [7, 11) is 3.93. The molecule has 0 unspecified atom stereocenters. The van der Waals surface area contributed by atoms with Crippen molar-refractivity contribution >= 4 is 17.2 Å². The highest BCUT2D eigenvalue weighted by Gasteiger charge is 2.04. The van der Waals surface area contributed by atoms with Crippen molar-refractivity contribution in [2.75, 3.05) is 19.0 Å². The number of nitrogens with zero attached hydrogens (tertiary/aromatic N) is 3. The Morgan fingerprint density at radius 1 is 1.29 bits per heavy atom. The molecule has 0 aliphatic carbocycles. The summed E-state index contributed by atoms with van der Waals surface area (Å²) >= 11 is 1.71. The second kappa shape index (κ2) is 5.75. The third kappa shape index (κ3) is 3.25. The lowest BCUT2D eigenvalue weighted by molar-refractivity contribution is 0.759. The fraction of sp³-hybridized carbons (Fsp3) is 0.333. The number of nitrogens with one attached hydrogen (secondary N) is 1. The van der Waals surface area contributed by atoms with Crippen LogP contribution in [0.3, 0.4) is 0 Å². The van der Waals surface area contributed by atoms with E-state index in [2.05, 4.69) is 37.2 Å². The average molecular weight is 248 g/mol. The number of hydrogen-bond acceptors (Lipinski definition) is 5. The molecule has 0 aliphatic heterocycles. The fourth-order valence-corrected chi connectivity index (χ4v) is 2.23. The topological polar surface area (TPSA) is 41.0 Å². The van der Waals surface area contributed by atoms with Crippen LogP contribution in [0.4, 0.5) is 5.82 Å². The van der Waals surface area contributed by atoms with Crippen LogP contribution in [-0.4, -0.2) is 24.3 Å². The number of anilines is 1. The van der Waals surface area contributed by atoms with Crippen LogP contribution in [0.2, 0.25) is 0 Å². The van der Waals surface area contributed by atoms with Crippen molar-refractivity contribution in [2.45, 2.75) is 13.1 Å². The Hall–Kier alpha value is -1.46. The van der Waals surface area contributed by atoms with Crippen molar-refractivity contribution < 1.29 is 0 Å². The standard InChI is InChI=1S/C12H16N4S/c1-13-7-11-3-4-12(15-14-11)16(2)8-10-5-6-17-9-10/h3-6,9,13H,7-8H2,1-2H3. The molecular weight excluding hydrogens is 232 g/mol. The number of aromatic nitrogens is 2.